The molecule has 78 valence electrons. The molecule has 0 atom stereocenters. The lowest BCUT2D eigenvalue weighted by atomic mass is 10.2. The van der Waals surface area contributed by atoms with Gasteiger partial charge in [0, 0.05) is 0 Å². The highest BCUT2D eigenvalue weighted by molar-refractivity contribution is 5.70. The van der Waals surface area contributed by atoms with E-state index < -0.39 is 6.09 Å². The normalized spacial score (nSPS) is 9.07. The molecule has 15 heavy (non-hydrogen) atoms. The lowest BCUT2D eigenvalue weighted by Gasteiger charge is -2.04. The number of ether oxygens (including phenoxy) is 1. The average molecular weight is 204 g/mol. The molecule has 4 heteroatoms. The maximum absolute atomic E-state index is 11.0. The van der Waals surface area contributed by atoms with Crippen LogP contribution in [0.2, 0.25) is 0 Å². The number of nitrogens with one attached hydrogen (secondary N) is 1. The molecule has 0 heterocycles. The first-order valence-electron chi connectivity index (χ1n) is 4.68. The molecule has 4 nitrogen and oxygen atoms in total. The van der Waals surface area contributed by atoms with Crippen LogP contribution in [0.4, 0.5) is 4.79 Å². The van der Waals surface area contributed by atoms with Crippen LogP contribution in [-0.2, 0) is 6.42 Å². The third-order valence-electron chi connectivity index (χ3n) is 1.85. The van der Waals surface area contributed by atoms with Crippen LogP contribution in [0.15, 0.2) is 24.3 Å². The molecule has 0 radical (unpaired) electrons. The standard InChI is InChI=1S/C11H12N2O2/c1-2-9-3-5-10(6-4-9)15-11(14)13-8-7-12/h3-6H,2,8H2,1H3,(H,13,14). The number of aryl methyl sites for hydroxylation is 1. The van der Waals surface area contributed by atoms with Crippen molar-refractivity contribution >= 4 is 6.09 Å². The topological polar surface area (TPSA) is 62.1 Å². The molecule has 0 aromatic heterocycles. The van der Waals surface area contributed by atoms with E-state index in [1.54, 1.807) is 18.2 Å². The zero-order chi connectivity index (χ0) is 11.1. The molecule has 1 N–H and O–H groups in total. The van der Waals surface area contributed by atoms with Crippen LogP contribution >= 0.6 is 0 Å². The van der Waals surface area contributed by atoms with Gasteiger partial charge in [0.2, 0.25) is 0 Å². The van der Waals surface area contributed by atoms with Crippen molar-refractivity contribution in [2.45, 2.75) is 13.3 Å². The second-order valence-corrected chi connectivity index (χ2v) is 2.90. The smallest absolute Gasteiger partial charge is 0.410 e. The summed E-state index contributed by atoms with van der Waals surface area (Å²) in [6.07, 6.45) is 0.335. The molecular formula is C11H12N2O2. The number of nitriles is 1. The van der Waals surface area contributed by atoms with Crippen LogP contribution in [0.3, 0.4) is 0 Å². The number of amides is 1. The highest BCUT2D eigenvalue weighted by Gasteiger charge is 2.02. The second-order valence-electron chi connectivity index (χ2n) is 2.90. The van der Waals surface area contributed by atoms with Crippen molar-refractivity contribution in [3.8, 4) is 11.8 Å². The number of carbonyl (C=O) groups excluding carboxylic acids is 1. The highest BCUT2D eigenvalue weighted by atomic mass is 16.5. The van der Waals surface area contributed by atoms with Crippen molar-refractivity contribution in [2.24, 2.45) is 0 Å². The van der Waals surface area contributed by atoms with Crippen LogP contribution in [0.1, 0.15) is 12.5 Å². The van der Waals surface area contributed by atoms with E-state index in [4.69, 9.17) is 10.00 Å². The number of nitrogens with zero attached hydrogens (tertiary/aromatic N) is 1. The first-order chi connectivity index (χ1) is 7.26. The molecule has 1 rings (SSSR count). The summed E-state index contributed by atoms with van der Waals surface area (Å²) in [4.78, 5) is 11.0. The summed E-state index contributed by atoms with van der Waals surface area (Å²) in [7, 11) is 0. The van der Waals surface area contributed by atoms with Crippen molar-refractivity contribution in [1.29, 1.82) is 5.26 Å². The van der Waals surface area contributed by atoms with Crippen molar-refractivity contribution in [3.63, 3.8) is 0 Å². The number of carbonyl (C=O) groups is 1. The summed E-state index contributed by atoms with van der Waals surface area (Å²) < 4.78 is 4.91. The zero-order valence-electron chi connectivity index (χ0n) is 8.49. The maximum Gasteiger partial charge on any atom is 0.413 e. The molecule has 0 saturated heterocycles. The van der Waals surface area contributed by atoms with E-state index in [0.29, 0.717) is 5.75 Å². The molecule has 0 aliphatic heterocycles. The van der Waals surface area contributed by atoms with E-state index in [-0.39, 0.29) is 6.54 Å². The summed E-state index contributed by atoms with van der Waals surface area (Å²) in [6, 6.07) is 9.04. The predicted octanol–water partition coefficient (Wildman–Crippen LogP) is 1.86. The van der Waals surface area contributed by atoms with E-state index in [9.17, 15) is 4.79 Å². The lowest BCUT2D eigenvalue weighted by Crippen LogP contribution is -2.26. The third-order valence-corrected chi connectivity index (χ3v) is 1.85. The minimum absolute atomic E-state index is 0.0497. The zero-order valence-corrected chi connectivity index (χ0v) is 8.49. The van der Waals surface area contributed by atoms with Crippen LogP contribution in [0, 0.1) is 11.3 Å². The SMILES string of the molecule is CCc1ccc(OC(=O)NCC#N)cc1. The Morgan fingerprint density at radius 1 is 1.47 bits per heavy atom. The van der Waals surface area contributed by atoms with Crippen LogP contribution < -0.4 is 10.1 Å². The molecule has 0 unspecified atom stereocenters. The van der Waals surface area contributed by atoms with Gasteiger partial charge in [-0.15, -0.1) is 0 Å². The van der Waals surface area contributed by atoms with Gasteiger partial charge in [0.05, 0.1) is 6.07 Å². The molecule has 0 bridgehead atoms. The Labute approximate surface area is 88.5 Å². The second kappa shape index (κ2) is 5.66. The Kier molecular flexibility index (Phi) is 4.17. The Morgan fingerprint density at radius 3 is 2.67 bits per heavy atom. The fourth-order valence-electron chi connectivity index (χ4n) is 1.05. The van der Waals surface area contributed by atoms with Crippen molar-refractivity contribution in [2.75, 3.05) is 6.54 Å². The Balaban J connectivity index is 2.50. The van der Waals surface area contributed by atoms with Crippen molar-refractivity contribution < 1.29 is 9.53 Å². The van der Waals surface area contributed by atoms with E-state index in [1.165, 1.54) is 5.56 Å². The van der Waals surface area contributed by atoms with Gasteiger partial charge in [0.15, 0.2) is 0 Å². The van der Waals surface area contributed by atoms with Gasteiger partial charge in [-0.2, -0.15) is 5.26 Å². The van der Waals surface area contributed by atoms with Gasteiger partial charge in [-0.25, -0.2) is 4.79 Å². The summed E-state index contributed by atoms with van der Waals surface area (Å²) in [6.45, 7) is 2.00. The van der Waals surface area contributed by atoms with E-state index in [2.05, 4.69) is 12.2 Å². The Hall–Kier alpha value is -2.02. The predicted molar refractivity (Wildman–Crippen MR) is 55.5 cm³/mol. The van der Waals surface area contributed by atoms with Gasteiger partial charge >= 0.3 is 6.09 Å². The summed E-state index contributed by atoms with van der Waals surface area (Å²) in [5.74, 6) is 0.475. The van der Waals surface area contributed by atoms with Gasteiger partial charge in [-0.05, 0) is 24.1 Å². The van der Waals surface area contributed by atoms with Crippen molar-refractivity contribution in [1.82, 2.24) is 5.32 Å². The lowest BCUT2D eigenvalue weighted by molar-refractivity contribution is 0.202. The maximum atomic E-state index is 11.0. The molecule has 0 spiro atoms. The van der Waals surface area contributed by atoms with Gasteiger partial charge in [-0.3, -0.25) is 0 Å². The van der Waals surface area contributed by atoms with Gasteiger partial charge in [0.25, 0.3) is 0 Å². The summed E-state index contributed by atoms with van der Waals surface area (Å²) in [5.41, 5.74) is 1.18. The van der Waals surface area contributed by atoms with E-state index in [1.807, 2.05) is 12.1 Å². The molecule has 0 fully saturated rings. The fraction of sp³-hybridized carbons (Fsp3) is 0.273. The van der Waals surface area contributed by atoms with Gasteiger partial charge in [-0.1, -0.05) is 19.1 Å². The number of hydrogen-bond acceptors (Lipinski definition) is 3. The third kappa shape index (κ3) is 3.69. The molecule has 0 aliphatic rings. The van der Waals surface area contributed by atoms with Crippen LogP contribution in [-0.4, -0.2) is 12.6 Å². The van der Waals surface area contributed by atoms with Gasteiger partial charge in [0.1, 0.15) is 12.3 Å². The molecule has 1 aromatic rings. The molecule has 1 amide bonds. The monoisotopic (exact) mass is 204 g/mol. The largest absolute Gasteiger partial charge is 0.413 e. The number of rotatable bonds is 3. The van der Waals surface area contributed by atoms with Gasteiger partial charge < -0.3 is 10.1 Å². The minimum atomic E-state index is -0.610. The average Bonchev–Trinajstić information content (AvgIpc) is 2.27. The fourth-order valence-corrected chi connectivity index (χ4v) is 1.05. The minimum Gasteiger partial charge on any atom is -0.410 e. The van der Waals surface area contributed by atoms with E-state index >= 15 is 0 Å². The first kappa shape index (κ1) is 11.1. The first-order valence-corrected chi connectivity index (χ1v) is 4.68. The molecule has 0 saturated carbocycles. The number of hydrogen-bond donors (Lipinski definition) is 1. The van der Waals surface area contributed by atoms with E-state index in [0.717, 1.165) is 6.42 Å². The highest BCUT2D eigenvalue weighted by Crippen LogP contribution is 2.12. The van der Waals surface area contributed by atoms with Crippen LogP contribution in [0.5, 0.6) is 5.75 Å². The molecular weight excluding hydrogens is 192 g/mol. The number of benzene rings is 1. The summed E-state index contributed by atoms with van der Waals surface area (Å²) >= 11 is 0. The molecule has 0 aliphatic carbocycles. The summed E-state index contributed by atoms with van der Waals surface area (Å²) in [5, 5.41) is 10.5. The molecule has 1 aromatic carbocycles. The van der Waals surface area contributed by atoms with Crippen molar-refractivity contribution in [3.05, 3.63) is 29.8 Å². The Bertz CT molecular complexity index is 365. The quantitative estimate of drug-likeness (QED) is 0.764. The van der Waals surface area contributed by atoms with Crippen LogP contribution in [0.25, 0.3) is 0 Å². The Morgan fingerprint density at radius 2 is 2.13 bits per heavy atom.